The topological polar surface area (TPSA) is 67.3 Å². The van der Waals surface area contributed by atoms with E-state index in [1.54, 1.807) is 36.5 Å². The molecule has 1 amide bonds. The lowest BCUT2D eigenvalue weighted by molar-refractivity contribution is 0.0593. The number of amides is 1. The molecule has 0 saturated carbocycles. The van der Waals surface area contributed by atoms with Gasteiger partial charge in [-0.25, -0.2) is 13.4 Å². The molecule has 7 heteroatoms. The Bertz CT molecular complexity index is 933. The van der Waals surface area contributed by atoms with Crippen molar-refractivity contribution in [1.29, 1.82) is 0 Å². The number of nitrogens with zero attached hydrogens (tertiary/aromatic N) is 2. The van der Waals surface area contributed by atoms with Gasteiger partial charge < -0.3 is 4.90 Å². The molecule has 3 heterocycles. The molecule has 142 valence electrons. The highest BCUT2D eigenvalue weighted by molar-refractivity contribution is 7.98. The van der Waals surface area contributed by atoms with Crippen LogP contribution in [0.4, 0.5) is 0 Å². The second kappa shape index (κ2) is 7.28. The Morgan fingerprint density at radius 2 is 1.74 bits per heavy atom. The highest BCUT2D eigenvalue weighted by Crippen LogP contribution is 2.41. The molecule has 5 nitrogen and oxygen atoms in total. The van der Waals surface area contributed by atoms with E-state index in [0.717, 1.165) is 17.9 Å². The molecule has 2 aliphatic rings. The minimum atomic E-state index is -3.37. The highest BCUT2D eigenvalue weighted by Gasteiger charge is 2.47. The third kappa shape index (κ3) is 3.27. The molecule has 2 bridgehead atoms. The lowest BCUT2D eigenvalue weighted by Crippen LogP contribution is -2.49. The van der Waals surface area contributed by atoms with E-state index in [2.05, 4.69) is 4.98 Å². The van der Waals surface area contributed by atoms with Crippen molar-refractivity contribution in [3.8, 4) is 0 Å². The molecule has 2 atom stereocenters. The number of aromatic nitrogens is 1. The molecule has 2 aromatic rings. The van der Waals surface area contributed by atoms with Gasteiger partial charge in [-0.15, -0.1) is 11.8 Å². The molecule has 27 heavy (non-hydrogen) atoms. The summed E-state index contributed by atoms with van der Waals surface area (Å²) < 4.78 is 26.1. The molecule has 1 aromatic carbocycles. The number of sulfone groups is 1. The molecule has 0 N–H and O–H groups in total. The van der Waals surface area contributed by atoms with E-state index in [0.29, 0.717) is 23.3 Å². The normalized spacial score (nSPS) is 24.8. The van der Waals surface area contributed by atoms with Gasteiger partial charge in [0.25, 0.3) is 5.91 Å². The Morgan fingerprint density at radius 3 is 2.37 bits per heavy atom. The fourth-order valence-corrected chi connectivity index (χ4v) is 6.78. The van der Waals surface area contributed by atoms with Gasteiger partial charge in [-0.05, 0) is 56.2 Å². The van der Waals surface area contributed by atoms with Gasteiger partial charge in [0.15, 0.2) is 9.84 Å². The van der Waals surface area contributed by atoms with Crippen molar-refractivity contribution >= 4 is 27.5 Å². The fraction of sp³-hybridized carbons (Fsp3) is 0.400. The number of pyridine rings is 1. The van der Waals surface area contributed by atoms with E-state index in [1.165, 1.54) is 11.8 Å². The quantitative estimate of drug-likeness (QED) is 0.733. The Hall–Kier alpha value is -1.86. The van der Waals surface area contributed by atoms with Gasteiger partial charge in [0.1, 0.15) is 5.03 Å². The molecule has 0 radical (unpaired) electrons. The van der Waals surface area contributed by atoms with Crippen molar-refractivity contribution in [2.75, 3.05) is 6.26 Å². The van der Waals surface area contributed by atoms with Crippen LogP contribution >= 0.6 is 11.8 Å². The summed E-state index contributed by atoms with van der Waals surface area (Å²) in [6, 6.07) is 12.2. The number of hydrogen-bond acceptors (Lipinski definition) is 5. The summed E-state index contributed by atoms with van der Waals surface area (Å²) in [4.78, 5) is 19.8. The summed E-state index contributed by atoms with van der Waals surface area (Å²) in [5.41, 5.74) is 0.617. The number of fused-ring (bicyclic) bond motifs is 2. The third-order valence-electron chi connectivity index (χ3n) is 5.63. The predicted molar refractivity (Wildman–Crippen MR) is 106 cm³/mol. The monoisotopic (exact) mass is 402 g/mol. The average Bonchev–Trinajstić information content (AvgIpc) is 2.96. The van der Waals surface area contributed by atoms with Crippen LogP contribution in [0.25, 0.3) is 0 Å². The van der Waals surface area contributed by atoms with Crippen LogP contribution in [0.1, 0.15) is 36.0 Å². The van der Waals surface area contributed by atoms with Gasteiger partial charge in [-0.1, -0.05) is 18.2 Å². The zero-order valence-corrected chi connectivity index (χ0v) is 16.7. The molecular weight excluding hydrogens is 380 g/mol. The largest absolute Gasteiger partial charge is 0.333 e. The van der Waals surface area contributed by atoms with E-state index in [4.69, 9.17) is 0 Å². The predicted octanol–water partition coefficient (Wildman–Crippen LogP) is 3.41. The maximum absolute atomic E-state index is 13.2. The van der Waals surface area contributed by atoms with Crippen LogP contribution in [-0.2, 0) is 9.84 Å². The number of hydrogen-bond donors (Lipinski definition) is 0. The Morgan fingerprint density at radius 1 is 1.07 bits per heavy atom. The van der Waals surface area contributed by atoms with Gasteiger partial charge in [-0.3, -0.25) is 4.79 Å². The number of carbonyl (C=O) groups excluding carboxylic acids is 1. The van der Waals surface area contributed by atoms with Crippen molar-refractivity contribution in [3.05, 3.63) is 54.2 Å². The Kier molecular flexibility index (Phi) is 4.99. The van der Waals surface area contributed by atoms with Crippen molar-refractivity contribution in [2.24, 2.45) is 0 Å². The van der Waals surface area contributed by atoms with Crippen LogP contribution in [0.5, 0.6) is 0 Å². The molecule has 0 spiro atoms. The third-order valence-corrected chi connectivity index (χ3v) is 8.53. The first-order valence-electron chi connectivity index (χ1n) is 9.13. The highest BCUT2D eigenvalue weighted by atomic mass is 32.2. The van der Waals surface area contributed by atoms with Crippen LogP contribution in [0.15, 0.2) is 58.6 Å². The summed E-state index contributed by atoms with van der Waals surface area (Å²) in [5, 5.41) is 0.302. The van der Waals surface area contributed by atoms with Crippen LogP contribution in [0.2, 0.25) is 0 Å². The van der Waals surface area contributed by atoms with E-state index < -0.39 is 15.1 Å². The molecule has 2 fully saturated rings. The van der Waals surface area contributed by atoms with Gasteiger partial charge in [-0.2, -0.15) is 0 Å². The van der Waals surface area contributed by atoms with Gasteiger partial charge in [0.05, 0.1) is 15.7 Å². The number of thioether (sulfide) groups is 1. The number of benzene rings is 1. The molecule has 2 saturated heterocycles. The number of carbonyl (C=O) groups is 1. The maximum atomic E-state index is 13.2. The van der Waals surface area contributed by atoms with Crippen molar-refractivity contribution in [3.63, 3.8) is 0 Å². The molecular formula is C20H22N2O3S2. The van der Waals surface area contributed by atoms with Crippen LogP contribution in [-0.4, -0.2) is 47.8 Å². The van der Waals surface area contributed by atoms with E-state index in [1.807, 2.05) is 23.3 Å². The van der Waals surface area contributed by atoms with Crippen LogP contribution < -0.4 is 0 Å². The Labute approximate surface area is 164 Å². The second-order valence-electron chi connectivity index (χ2n) is 7.11. The van der Waals surface area contributed by atoms with Crippen LogP contribution in [0, 0.1) is 0 Å². The summed E-state index contributed by atoms with van der Waals surface area (Å²) in [5.74, 6) is -0.0180. The first-order valence-corrected chi connectivity index (χ1v) is 11.9. The van der Waals surface area contributed by atoms with Gasteiger partial charge >= 0.3 is 0 Å². The summed E-state index contributed by atoms with van der Waals surface area (Å²) in [6.07, 6.45) is 6.35. The molecule has 1 aromatic heterocycles. The van der Waals surface area contributed by atoms with Gasteiger partial charge in [0.2, 0.25) is 0 Å². The molecule has 0 unspecified atom stereocenters. The molecule has 0 aliphatic carbocycles. The number of piperidine rings is 1. The van der Waals surface area contributed by atoms with E-state index >= 15 is 0 Å². The lowest BCUT2D eigenvalue weighted by Gasteiger charge is -2.38. The van der Waals surface area contributed by atoms with E-state index in [-0.39, 0.29) is 18.0 Å². The first-order chi connectivity index (χ1) is 13.0. The zero-order chi connectivity index (χ0) is 19.0. The Balaban J connectivity index is 1.59. The second-order valence-corrected chi connectivity index (χ2v) is 10.1. The maximum Gasteiger partial charge on any atom is 0.257 e. The van der Waals surface area contributed by atoms with Crippen LogP contribution in [0.3, 0.4) is 0 Å². The SMILES string of the molecule is CSc1ncccc1C(=O)N1[C@@H]2CC[C@@H]1CC(S(=O)(=O)c1ccccc1)C2. The van der Waals surface area contributed by atoms with E-state index in [9.17, 15) is 13.2 Å². The van der Waals surface area contributed by atoms with Crippen molar-refractivity contribution in [2.45, 2.75) is 52.9 Å². The molecule has 2 aliphatic heterocycles. The standard InChI is InChI=1S/C20H22N2O3S2/c1-26-19-18(8-5-11-21-19)20(23)22-14-9-10-15(22)13-17(12-14)27(24,25)16-6-3-2-4-7-16/h2-8,11,14-15,17H,9-10,12-13H2,1H3/t14-,15-/m1/s1. The number of rotatable bonds is 4. The summed E-state index contributed by atoms with van der Waals surface area (Å²) in [7, 11) is -3.37. The zero-order valence-electron chi connectivity index (χ0n) is 15.1. The minimum absolute atomic E-state index is 0.0180. The first kappa shape index (κ1) is 18.5. The molecule has 4 rings (SSSR count). The van der Waals surface area contributed by atoms with Crippen molar-refractivity contribution in [1.82, 2.24) is 9.88 Å². The minimum Gasteiger partial charge on any atom is -0.333 e. The smallest absolute Gasteiger partial charge is 0.257 e. The summed E-state index contributed by atoms with van der Waals surface area (Å²) in [6.45, 7) is 0. The average molecular weight is 403 g/mol. The summed E-state index contributed by atoms with van der Waals surface area (Å²) >= 11 is 1.46. The van der Waals surface area contributed by atoms with Gasteiger partial charge in [0, 0.05) is 18.3 Å². The van der Waals surface area contributed by atoms with Crippen molar-refractivity contribution < 1.29 is 13.2 Å². The fourth-order valence-electron chi connectivity index (χ4n) is 4.37. The lowest BCUT2D eigenvalue weighted by atomic mass is 10.0.